The van der Waals surface area contributed by atoms with E-state index in [0.717, 1.165) is 42.1 Å². The molecule has 0 bridgehead atoms. The van der Waals surface area contributed by atoms with Crippen LogP contribution >= 0.6 is 0 Å². The molecule has 23 heavy (non-hydrogen) atoms. The molecule has 2 aliphatic rings. The van der Waals surface area contributed by atoms with Crippen molar-refractivity contribution in [1.82, 2.24) is 10.2 Å². The lowest BCUT2D eigenvalue weighted by Gasteiger charge is -2.14. The first kappa shape index (κ1) is 15.0. The third-order valence-electron chi connectivity index (χ3n) is 5.11. The minimum Gasteiger partial charge on any atom is -0.460 e. The van der Waals surface area contributed by atoms with E-state index in [-0.39, 0.29) is 0 Å². The summed E-state index contributed by atoms with van der Waals surface area (Å²) in [5, 5.41) is 3.58. The summed E-state index contributed by atoms with van der Waals surface area (Å²) < 4.78 is 5.97. The van der Waals surface area contributed by atoms with Gasteiger partial charge in [-0.1, -0.05) is 29.8 Å². The molecule has 3 nitrogen and oxygen atoms in total. The maximum Gasteiger partial charge on any atom is 0.134 e. The molecule has 122 valence electrons. The monoisotopic (exact) mass is 310 g/mol. The standard InChI is InChI=1S/C20H26N2O/c1-15-2-4-17(5-3-15)20-9-8-19(23-20)13-21-12-16-10-11-22(14-16)18-6-7-18/h2-5,8-9,16,18,21H,6-7,10-14H2,1H3. The van der Waals surface area contributed by atoms with Crippen molar-refractivity contribution in [2.45, 2.75) is 38.8 Å². The third-order valence-corrected chi connectivity index (χ3v) is 5.11. The molecule has 1 atom stereocenters. The maximum atomic E-state index is 5.97. The third kappa shape index (κ3) is 3.67. The van der Waals surface area contributed by atoms with Crippen molar-refractivity contribution in [3.8, 4) is 11.3 Å². The zero-order chi connectivity index (χ0) is 15.6. The average molecular weight is 310 g/mol. The van der Waals surface area contributed by atoms with Crippen LogP contribution in [0.15, 0.2) is 40.8 Å². The topological polar surface area (TPSA) is 28.4 Å². The summed E-state index contributed by atoms with van der Waals surface area (Å²) in [6.45, 7) is 6.62. The highest BCUT2D eigenvalue weighted by Gasteiger charge is 2.33. The largest absolute Gasteiger partial charge is 0.460 e. The van der Waals surface area contributed by atoms with Gasteiger partial charge in [0.05, 0.1) is 6.54 Å². The molecule has 1 aliphatic carbocycles. The van der Waals surface area contributed by atoms with E-state index in [2.05, 4.69) is 53.5 Å². The van der Waals surface area contributed by atoms with Gasteiger partial charge in [0.25, 0.3) is 0 Å². The molecule has 2 heterocycles. The lowest BCUT2D eigenvalue weighted by atomic mass is 10.1. The van der Waals surface area contributed by atoms with E-state index in [1.54, 1.807) is 0 Å². The highest BCUT2D eigenvalue weighted by molar-refractivity contribution is 5.57. The normalized spacial score (nSPS) is 21.9. The molecule has 0 spiro atoms. The van der Waals surface area contributed by atoms with Gasteiger partial charge in [0.15, 0.2) is 0 Å². The molecule has 2 fully saturated rings. The van der Waals surface area contributed by atoms with Gasteiger partial charge in [0.1, 0.15) is 11.5 Å². The Kier molecular flexibility index (Phi) is 4.23. The summed E-state index contributed by atoms with van der Waals surface area (Å²) in [5.74, 6) is 2.79. The van der Waals surface area contributed by atoms with Gasteiger partial charge in [-0.05, 0) is 57.3 Å². The number of furan rings is 1. The Morgan fingerprint density at radius 2 is 1.91 bits per heavy atom. The number of nitrogens with zero attached hydrogens (tertiary/aromatic N) is 1. The quantitative estimate of drug-likeness (QED) is 0.879. The van der Waals surface area contributed by atoms with Crippen LogP contribution < -0.4 is 5.32 Å². The Morgan fingerprint density at radius 3 is 2.70 bits per heavy atom. The molecule has 1 N–H and O–H groups in total. The SMILES string of the molecule is Cc1ccc(-c2ccc(CNCC3CCN(C4CC4)C3)o2)cc1. The minimum atomic E-state index is 0.808. The molecule has 1 saturated carbocycles. The molecule has 0 amide bonds. The van der Waals surface area contributed by atoms with E-state index in [0.29, 0.717) is 0 Å². The summed E-state index contributed by atoms with van der Waals surface area (Å²) in [5.41, 5.74) is 2.43. The average Bonchev–Trinajstić information content (AvgIpc) is 3.12. The predicted molar refractivity (Wildman–Crippen MR) is 93.3 cm³/mol. The van der Waals surface area contributed by atoms with Crippen molar-refractivity contribution >= 4 is 0 Å². The minimum absolute atomic E-state index is 0.808. The Hall–Kier alpha value is -1.58. The van der Waals surface area contributed by atoms with E-state index in [1.165, 1.54) is 37.9 Å². The molecule has 1 saturated heterocycles. The van der Waals surface area contributed by atoms with Gasteiger partial charge in [0, 0.05) is 18.2 Å². The number of hydrogen-bond donors (Lipinski definition) is 1. The van der Waals surface area contributed by atoms with Crippen LogP contribution in [0.3, 0.4) is 0 Å². The zero-order valence-electron chi connectivity index (χ0n) is 13.9. The molecule has 1 aromatic heterocycles. The Labute approximate surface area is 138 Å². The van der Waals surface area contributed by atoms with Crippen LogP contribution in [0.1, 0.15) is 30.6 Å². The number of benzene rings is 1. The van der Waals surface area contributed by atoms with Gasteiger partial charge in [0.2, 0.25) is 0 Å². The van der Waals surface area contributed by atoms with Crippen LogP contribution in [0.4, 0.5) is 0 Å². The number of hydrogen-bond acceptors (Lipinski definition) is 3. The summed E-state index contributed by atoms with van der Waals surface area (Å²) in [7, 11) is 0. The van der Waals surface area contributed by atoms with Crippen LogP contribution in [-0.2, 0) is 6.54 Å². The molecule has 3 heteroatoms. The lowest BCUT2D eigenvalue weighted by molar-refractivity contribution is 0.311. The van der Waals surface area contributed by atoms with Gasteiger partial charge >= 0.3 is 0 Å². The molecule has 2 aromatic rings. The van der Waals surface area contributed by atoms with Crippen molar-refractivity contribution in [1.29, 1.82) is 0 Å². The van der Waals surface area contributed by atoms with E-state index in [4.69, 9.17) is 4.42 Å². The lowest BCUT2D eigenvalue weighted by Crippen LogP contribution is -2.27. The number of aryl methyl sites for hydroxylation is 1. The molecular formula is C20H26N2O. The van der Waals surface area contributed by atoms with Gasteiger partial charge in [-0.15, -0.1) is 0 Å². The molecule has 1 aromatic carbocycles. The zero-order valence-corrected chi connectivity index (χ0v) is 13.9. The first-order valence-electron chi connectivity index (χ1n) is 8.88. The van der Waals surface area contributed by atoms with Gasteiger partial charge < -0.3 is 14.6 Å². The summed E-state index contributed by atoms with van der Waals surface area (Å²) in [6, 6.07) is 13.6. The van der Waals surface area contributed by atoms with Crippen molar-refractivity contribution in [3.63, 3.8) is 0 Å². The van der Waals surface area contributed by atoms with Crippen molar-refractivity contribution < 1.29 is 4.42 Å². The molecule has 0 radical (unpaired) electrons. The van der Waals surface area contributed by atoms with Crippen LogP contribution in [0.2, 0.25) is 0 Å². The summed E-state index contributed by atoms with van der Waals surface area (Å²) in [6.07, 6.45) is 4.19. The first-order valence-corrected chi connectivity index (χ1v) is 8.88. The van der Waals surface area contributed by atoms with Crippen LogP contribution in [-0.4, -0.2) is 30.6 Å². The number of likely N-dealkylation sites (tertiary alicyclic amines) is 1. The highest BCUT2D eigenvalue weighted by Crippen LogP contribution is 2.31. The van der Waals surface area contributed by atoms with Crippen LogP contribution in [0, 0.1) is 12.8 Å². The Bertz CT molecular complexity index is 642. The molecular weight excluding hydrogens is 284 g/mol. The fourth-order valence-corrected chi connectivity index (χ4v) is 3.55. The van der Waals surface area contributed by atoms with Crippen LogP contribution in [0.5, 0.6) is 0 Å². The summed E-state index contributed by atoms with van der Waals surface area (Å²) in [4.78, 5) is 2.68. The first-order chi connectivity index (χ1) is 11.3. The highest BCUT2D eigenvalue weighted by atomic mass is 16.3. The molecule has 1 aliphatic heterocycles. The maximum absolute atomic E-state index is 5.97. The van der Waals surface area contributed by atoms with Gasteiger partial charge in [-0.2, -0.15) is 0 Å². The van der Waals surface area contributed by atoms with Crippen molar-refractivity contribution in [2.24, 2.45) is 5.92 Å². The van der Waals surface area contributed by atoms with Gasteiger partial charge in [-0.25, -0.2) is 0 Å². The molecule has 1 unspecified atom stereocenters. The predicted octanol–water partition coefficient (Wildman–Crippen LogP) is 3.83. The second kappa shape index (κ2) is 6.50. The fraction of sp³-hybridized carbons (Fsp3) is 0.500. The number of rotatable bonds is 6. The van der Waals surface area contributed by atoms with Crippen LogP contribution in [0.25, 0.3) is 11.3 Å². The second-order valence-electron chi connectivity index (χ2n) is 7.14. The summed E-state index contributed by atoms with van der Waals surface area (Å²) >= 11 is 0. The van der Waals surface area contributed by atoms with E-state index >= 15 is 0 Å². The Morgan fingerprint density at radius 1 is 1.09 bits per heavy atom. The van der Waals surface area contributed by atoms with E-state index in [9.17, 15) is 0 Å². The fourth-order valence-electron chi connectivity index (χ4n) is 3.55. The second-order valence-corrected chi connectivity index (χ2v) is 7.14. The van der Waals surface area contributed by atoms with E-state index < -0.39 is 0 Å². The van der Waals surface area contributed by atoms with E-state index in [1.807, 2.05) is 0 Å². The van der Waals surface area contributed by atoms with Crippen molar-refractivity contribution in [3.05, 3.63) is 47.7 Å². The number of nitrogens with one attached hydrogen (secondary N) is 1. The van der Waals surface area contributed by atoms with Crippen molar-refractivity contribution in [2.75, 3.05) is 19.6 Å². The molecule has 4 rings (SSSR count). The van der Waals surface area contributed by atoms with Gasteiger partial charge in [-0.3, -0.25) is 0 Å². The Balaban J connectivity index is 1.26. The smallest absolute Gasteiger partial charge is 0.134 e.